The van der Waals surface area contributed by atoms with Crippen molar-refractivity contribution < 1.29 is 18.1 Å². The first-order valence-corrected chi connectivity index (χ1v) is 12.2. The van der Waals surface area contributed by atoms with Crippen molar-refractivity contribution in [1.29, 1.82) is 0 Å². The number of tetrazole rings is 1. The monoisotopic (exact) mass is 487 g/mol. The largest absolute Gasteiger partial charge is 0.494 e. The number of nitro benzene ring substituents is 1. The molecule has 0 N–H and O–H groups in total. The molecule has 1 fully saturated rings. The number of non-ortho nitro benzene ring substituents is 1. The summed E-state index contributed by atoms with van der Waals surface area (Å²) in [5.74, 6) is 1.40. The van der Waals surface area contributed by atoms with Crippen LogP contribution in [-0.4, -0.2) is 75.5 Å². The van der Waals surface area contributed by atoms with Crippen molar-refractivity contribution in [2.45, 2.75) is 25.3 Å². The lowest BCUT2D eigenvalue weighted by molar-refractivity contribution is -0.385. The van der Waals surface area contributed by atoms with Crippen LogP contribution in [0.1, 0.15) is 18.3 Å². The van der Waals surface area contributed by atoms with Gasteiger partial charge in [-0.05, 0) is 54.1 Å². The lowest BCUT2D eigenvalue weighted by Gasteiger charge is -2.33. The van der Waals surface area contributed by atoms with Gasteiger partial charge in [-0.3, -0.25) is 15.0 Å². The minimum absolute atomic E-state index is 0.0328. The molecule has 0 atom stereocenters. The number of ether oxygens (including phenoxy) is 1. The van der Waals surface area contributed by atoms with Crippen LogP contribution in [-0.2, 0) is 16.6 Å². The van der Waals surface area contributed by atoms with E-state index in [0.717, 1.165) is 17.5 Å². The summed E-state index contributed by atoms with van der Waals surface area (Å²) in [6.45, 7) is 6.05. The van der Waals surface area contributed by atoms with Gasteiger partial charge in [0.1, 0.15) is 5.75 Å². The van der Waals surface area contributed by atoms with Crippen molar-refractivity contribution in [3.63, 3.8) is 0 Å². The summed E-state index contributed by atoms with van der Waals surface area (Å²) >= 11 is 0. The first-order valence-electron chi connectivity index (χ1n) is 10.8. The summed E-state index contributed by atoms with van der Waals surface area (Å²) in [6, 6.07) is 11.3. The van der Waals surface area contributed by atoms with Gasteiger partial charge >= 0.3 is 0 Å². The van der Waals surface area contributed by atoms with Crippen LogP contribution >= 0.6 is 0 Å². The second-order valence-electron chi connectivity index (χ2n) is 7.82. The van der Waals surface area contributed by atoms with E-state index in [-0.39, 0.29) is 23.7 Å². The molecule has 3 aromatic rings. The van der Waals surface area contributed by atoms with E-state index in [1.807, 2.05) is 31.2 Å². The predicted octanol–water partition coefficient (Wildman–Crippen LogP) is 1.78. The smallest absolute Gasteiger partial charge is 0.270 e. The van der Waals surface area contributed by atoms with Crippen LogP contribution in [0, 0.1) is 17.0 Å². The quantitative estimate of drug-likeness (QED) is 0.344. The van der Waals surface area contributed by atoms with Gasteiger partial charge in [0.05, 0.1) is 28.7 Å². The number of benzene rings is 2. The van der Waals surface area contributed by atoms with Gasteiger partial charge < -0.3 is 4.74 Å². The average molecular weight is 488 g/mol. The molecule has 13 heteroatoms. The van der Waals surface area contributed by atoms with E-state index >= 15 is 0 Å². The number of sulfonamides is 1. The number of aromatic nitrogens is 4. The lowest BCUT2D eigenvalue weighted by atomic mass is 10.2. The van der Waals surface area contributed by atoms with E-state index in [0.29, 0.717) is 37.6 Å². The minimum atomic E-state index is -3.85. The molecule has 4 rings (SSSR count). The van der Waals surface area contributed by atoms with Crippen LogP contribution in [0.5, 0.6) is 5.75 Å². The number of rotatable bonds is 8. The van der Waals surface area contributed by atoms with Crippen molar-refractivity contribution in [3.05, 3.63) is 64.0 Å². The van der Waals surface area contributed by atoms with E-state index < -0.39 is 14.9 Å². The molecule has 1 saturated heterocycles. The maximum absolute atomic E-state index is 13.2. The fraction of sp³-hybridized carbons (Fsp3) is 0.381. The van der Waals surface area contributed by atoms with Gasteiger partial charge in [-0.2, -0.15) is 8.99 Å². The standard InChI is InChI=1S/C21H25N7O5S/c1-3-33-19-8-6-17(7-9-19)27-21(22-23-24-27)15-25-10-12-26(13-11-25)34(31,32)20-14-18(28(29)30)5-4-16(20)2/h4-9,14H,3,10-13,15H2,1-2H3. The number of hydrogen-bond acceptors (Lipinski definition) is 9. The topological polar surface area (TPSA) is 137 Å². The van der Waals surface area contributed by atoms with Crippen molar-refractivity contribution in [2.75, 3.05) is 32.8 Å². The van der Waals surface area contributed by atoms with Crippen LogP contribution in [0.3, 0.4) is 0 Å². The Labute approximate surface area is 196 Å². The highest BCUT2D eigenvalue weighted by Gasteiger charge is 2.31. The van der Waals surface area contributed by atoms with Gasteiger partial charge in [0, 0.05) is 38.3 Å². The predicted molar refractivity (Wildman–Crippen MR) is 122 cm³/mol. The molecule has 0 aliphatic carbocycles. The van der Waals surface area contributed by atoms with Crippen LogP contribution in [0.25, 0.3) is 5.69 Å². The second kappa shape index (κ2) is 9.83. The fourth-order valence-electron chi connectivity index (χ4n) is 3.80. The van der Waals surface area contributed by atoms with Gasteiger partial charge in [-0.1, -0.05) is 6.07 Å². The Morgan fingerprint density at radius 3 is 2.44 bits per heavy atom. The highest BCUT2D eigenvalue weighted by Crippen LogP contribution is 2.26. The first kappa shape index (κ1) is 23.7. The van der Waals surface area contributed by atoms with E-state index in [4.69, 9.17) is 4.74 Å². The molecule has 0 unspecified atom stereocenters. The van der Waals surface area contributed by atoms with Crippen molar-refractivity contribution in [1.82, 2.24) is 29.4 Å². The zero-order valence-electron chi connectivity index (χ0n) is 18.9. The first-order chi connectivity index (χ1) is 16.3. The molecule has 0 saturated carbocycles. The van der Waals surface area contributed by atoms with E-state index in [1.165, 1.54) is 16.4 Å². The molecule has 12 nitrogen and oxygen atoms in total. The summed E-state index contributed by atoms with van der Waals surface area (Å²) in [5, 5.41) is 23.1. The Bertz CT molecular complexity index is 1270. The summed E-state index contributed by atoms with van der Waals surface area (Å²) in [6.07, 6.45) is 0. The Morgan fingerprint density at radius 2 is 1.79 bits per heavy atom. The zero-order chi connectivity index (χ0) is 24.3. The Balaban J connectivity index is 1.43. The Kier molecular flexibility index (Phi) is 6.86. The van der Waals surface area contributed by atoms with Gasteiger partial charge in [-0.15, -0.1) is 5.10 Å². The molecule has 1 aliphatic rings. The van der Waals surface area contributed by atoms with Gasteiger partial charge in [0.25, 0.3) is 5.69 Å². The molecular formula is C21H25N7O5S. The van der Waals surface area contributed by atoms with Crippen LogP contribution in [0.4, 0.5) is 5.69 Å². The van der Waals surface area contributed by atoms with Gasteiger partial charge in [0.2, 0.25) is 10.0 Å². The third-order valence-corrected chi connectivity index (χ3v) is 7.66. The summed E-state index contributed by atoms with van der Waals surface area (Å²) < 4.78 is 34.8. The molecule has 2 aromatic carbocycles. The van der Waals surface area contributed by atoms with E-state index in [2.05, 4.69) is 20.4 Å². The number of piperazine rings is 1. The maximum Gasteiger partial charge on any atom is 0.270 e. The van der Waals surface area contributed by atoms with Crippen molar-refractivity contribution >= 4 is 15.7 Å². The third kappa shape index (κ3) is 4.90. The molecule has 0 amide bonds. The molecule has 34 heavy (non-hydrogen) atoms. The maximum atomic E-state index is 13.2. The lowest BCUT2D eigenvalue weighted by Crippen LogP contribution is -2.48. The van der Waals surface area contributed by atoms with Crippen molar-refractivity contribution in [2.24, 2.45) is 0 Å². The van der Waals surface area contributed by atoms with E-state index in [1.54, 1.807) is 11.6 Å². The van der Waals surface area contributed by atoms with Gasteiger partial charge in [-0.25, -0.2) is 8.42 Å². The van der Waals surface area contributed by atoms with Crippen LogP contribution < -0.4 is 4.74 Å². The SMILES string of the molecule is CCOc1ccc(-n2nnnc2CN2CCN(S(=O)(=O)c3cc([N+](=O)[O-])ccc3C)CC2)cc1. The molecule has 0 bridgehead atoms. The summed E-state index contributed by atoms with van der Waals surface area (Å²) in [5.41, 5.74) is 1.03. The number of nitro groups is 1. The molecule has 1 aliphatic heterocycles. The molecule has 0 spiro atoms. The number of hydrogen-bond donors (Lipinski definition) is 0. The highest BCUT2D eigenvalue weighted by atomic mass is 32.2. The third-order valence-electron chi connectivity index (χ3n) is 5.62. The van der Waals surface area contributed by atoms with E-state index in [9.17, 15) is 18.5 Å². The molecular weight excluding hydrogens is 462 g/mol. The Hall–Kier alpha value is -3.42. The molecule has 180 valence electrons. The molecule has 1 aromatic heterocycles. The number of nitrogens with zero attached hydrogens (tertiary/aromatic N) is 7. The second-order valence-corrected chi connectivity index (χ2v) is 9.73. The fourth-order valence-corrected chi connectivity index (χ4v) is 5.47. The van der Waals surface area contributed by atoms with Crippen LogP contribution in [0.2, 0.25) is 0 Å². The minimum Gasteiger partial charge on any atom is -0.494 e. The highest BCUT2D eigenvalue weighted by molar-refractivity contribution is 7.89. The zero-order valence-corrected chi connectivity index (χ0v) is 19.7. The van der Waals surface area contributed by atoms with Gasteiger partial charge in [0.15, 0.2) is 5.82 Å². The average Bonchev–Trinajstić information content (AvgIpc) is 3.28. The normalized spacial score (nSPS) is 15.4. The molecule has 0 radical (unpaired) electrons. The van der Waals surface area contributed by atoms with Crippen molar-refractivity contribution in [3.8, 4) is 11.4 Å². The summed E-state index contributed by atoms with van der Waals surface area (Å²) in [4.78, 5) is 12.6. The number of aryl methyl sites for hydroxylation is 1. The Morgan fingerprint density at radius 1 is 1.09 bits per heavy atom. The van der Waals surface area contributed by atoms with Crippen LogP contribution in [0.15, 0.2) is 47.4 Å². The molecule has 2 heterocycles. The summed E-state index contributed by atoms with van der Waals surface area (Å²) in [7, 11) is -3.85.